The van der Waals surface area contributed by atoms with Gasteiger partial charge in [0, 0.05) is 36.7 Å². The molecular weight excluding hydrogens is 559 g/mol. The Hall–Kier alpha value is -3.77. The topological polar surface area (TPSA) is 80.7 Å². The van der Waals surface area contributed by atoms with Gasteiger partial charge in [0.2, 0.25) is 5.91 Å². The Labute approximate surface area is 230 Å². The van der Waals surface area contributed by atoms with Crippen LogP contribution in [0.5, 0.6) is 5.75 Å². The first-order valence-electron chi connectivity index (χ1n) is 12.9. The number of aryl methyl sites for hydroxylation is 1. The Bertz CT molecular complexity index is 1370. The summed E-state index contributed by atoms with van der Waals surface area (Å²) in [5, 5.41) is 2.67. The Morgan fingerprint density at radius 2 is 1.83 bits per heavy atom. The lowest BCUT2D eigenvalue weighted by Crippen LogP contribution is -2.38. The number of hydrogen-bond donors (Lipinski definition) is 1. The molecule has 1 saturated carbocycles. The van der Waals surface area contributed by atoms with Crippen LogP contribution in [0.15, 0.2) is 47.7 Å². The highest BCUT2D eigenvalue weighted by molar-refractivity contribution is 6.11. The number of amidine groups is 1. The number of amides is 1. The molecule has 1 unspecified atom stereocenters. The number of hydrogen-bond acceptors (Lipinski definition) is 5. The SMILES string of the molecule is C[C@H]1C(=O)CCCC[C@@H]1C(=O)NC1=NC(CCc2cncc(C(F)(F)F)c2)C(c2cc(F)cc(OC(F)(F)F)c2)=C1. The summed E-state index contributed by atoms with van der Waals surface area (Å²) in [7, 11) is 0. The summed E-state index contributed by atoms with van der Waals surface area (Å²) in [5.41, 5.74) is -0.489. The molecule has 1 aliphatic heterocycles. The number of nitrogens with zero attached hydrogens (tertiary/aromatic N) is 2. The highest BCUT2D eigenvalue weighted by Crippen LogP contribution is 2.34. The van der Waals surface area contributed by atoms with Gasteiger partial charge in [0.15, 0.2) is 0 Å². The third-order valence-electron chi connectivity index (χ3n) is 7.10. The van der Waals surface area contributed by atoms with Gasteiger partial charge in [-0.25, -0.2) is 4.39 Å². The van der Waals surface area contributed by atoms with Crippen LogP contribution in [-0.2, 0) is 22.2 Å². The van der Waals surface area contributed by atoms with E-state index in [1.54, 1.807) is 6.92 Å². The number of carbonyl (C=O) groups is 2. The van der Waals surface area contributed by atoms with Crippen molar-refractivity contribution >= 4 is 23.1 Å². The van der Waals surface area contributed by atoms with Gasteiger partial charge in [-0.1, -0.05) is 13.3 Å². The quantitative estimate of drug-likeness (QED) is 0.312. The second kappa shape index (κ2) is 12.0. The molecule has 1 aliphatic carbocycles. The van der Waals surface area contributed by atoms with Crippen molar-refractivity contribution in [2.24, 2.45) is 16.8 Å². The van der Waals surface area contributed by atoms with Gasteiger partial charge in [-0.3, -0.25) is 19.6 Å². The molecule has 2 aromatic rings. The summed E-state index contributed by atoms with van der Waals surface area (Å²) >= 11 is 0. The van der Waals surface area contributed by atoms with E-state index in [-0.39, 0.29) is 41.2 Å². The predicted molar refractivity (Wildman–Crippen MR) is 134 cm³/mol. The van der Waals surface area contributed by atoms with Crippen molar-refractivity contribution in [3.8, 4) is 5.75 Å². The van der Waals surface area contributed by atoms with Gasteiger partial charge in [-0.05, 0) is 66.7 Å². The zero-order valence-electron chi connectivity index (χ0n) is 21.8. The largest absolute Gasteiger partial charge is 0.573 e. The van der Waals surface area contributed by atoms with Gasteiger partial charge in [-0.15, -0.1) is 13.2 Å². The summed E-state index contributed by atoms with van der Waals surface area (Å²) in [6, 6.07) is 2.57. The molecule has 41 heavy (non-hydrogen) atoms. The normalized spacial score (nSPS) is 21.7. The van der Waals surface area contributed by atoms with Crippen LogP contribution in [0, 0.1) is 17.7 Å². The molecule has 0 radical (unpaired) electrons. The van der Waals surface area contributed by atoms with Crippen LogP contribution in [0.2, 0.25) is 0 Å². The van der Waals surface area contributed by atoms with Crippen molar-refractivity contribution in [2.45, 2.75) is 64.0 Å². The predicted octanol–water partition coefficient (Wildman–Crippen LogP) is 6.45. The van der Waals surface area contributed by atoms with Gasteiger partial charge >= 0.3 is 12.5 Å². The smallest absolute Gasteiger partial charge is 0.406 e. The van der Waals surface area contributed by atoms with Gasteiger partial charge in [0.05, 0.1) is 11.6 Å². The molecule has 2 aliphatic rings. The Morgan fingerprint density at radius 3 is 2.54 bits per heavy atom. The maximum Gasteiger partial charge on any atom is 0.573 e. The van der Waals surface area contributed by atoms with E-state index in [4.69, 9.17) is 0 Å². The molecule has 1 N–H and O–H groups in total. The van der Waals surface area contributed by atoms with Crippen molar-refractivity contribution in [3.05, 3.63) is 65.2 Å². The summed E-state index contributed by atoms with van der Waals surface area (Å²) in [6.07, 6.45) is -4.04. The highest BCUT2D eigenvalue weighted by atomic mass is 19.4. The lowest BCUT2D eigenvalue weighted by molar-refractivity contribution is -0.274. The number of aromatic nitrogens is 1. The standard InChI is InChI=1S/C28H26F7N3O3/c1-15-21(4-2-3-5-24(15)39)26(40)38-25-12-22(17-9-19(29)11-20(10-17)41-28(33,34)35)23(37-25)7-6-16-8-18(14-36-13-16)27(30,31)32/h8-15,21,23H,2-7H2,1H3,(H,37,38,40)/t15-,21+,23?/m1/s1. The lowest BCUT2D eigenvalue weighted by Gasteiger charge is -2.19. The monoisotopic (exact) mass is 585 g/mol. The van der Waals surface area contributed by atoms with Crippen LogP contribution in [0.1, 0.15) is 55.7 Å². The molecule has 220 valence electrons. The average Bonchev–Trinajstić information content (AvgIpc) is 3.19. The minimum absolute atomic E-state index is 0.0116. The third kappa shape index (κ3) is 7.92. The first-order chi connectivity index (χ1) is 19.2. The minimum atomic E-state index is -5.08. The Kier molecular flexibility index (Phi) is 8.83. The minimum Gasteiger partial charge on any atom is -0.406 e. The van der Waals surface area contributed by atoms with E-state index >= 15 is 0 Å². The van der Waals surface area contributed by atoms with E-state index in [0.717, 1.165) is 18.2 Å². The van der Waals surface area contributed by atoms with E-state index in [9.17, 15) is 40.3 Å². The Morgan fingerprint density at radius 1 is 1.07 bits per heavy atom. The van der Waals surface area contributed by atoms with Crippen LogP contribution in [0.25, 0.3) is 5.57 Å². The number of nitrogens with one attached hydrogen (secondary N) is 1. The fraction of sp³-hybridized carbons (Fsp3) is 0.429. The second-order valence-corrected chi connectivity index (χ2v) is 10.1. The van der Waals surface area contributed by atoms with Crippen LogP contribution < -0.4 is 10.1 Å². The van der Waals surface area contributed by atoms with E-state index in [1.807, 2.05) is 0 Å². The first-order valence-corrected chi connectivity index (χ1v) is 12.9. The van der Waals surface area contributed by atoms with Crippen molar-refractivity contribution in [1.29, 1.82) is 0 Å². The molecule has 6 nitrogen and oxygen atoms in total. The number of ketones is 1. The van der Waals surface area contributed by atoms with Gasteiger partial charge in [-0.2, -0.15) is 13.2 Å². The fourth-order valence-corrected chi connectivity index (χ4v) is 5.03. The molecule has 0 spiro atoms. The summed E-state index contributed by atoms with van der Waals surface area (Å²) in [6.45, 7) is 1.68. The number of ether oxygens (including phenoxy) is 1. The molecular formula is C28H26F7N3O3. The number of Topliss-reactive ketones (excluding diaryl/α,β-unsaturated/α-hetero) is 1. The van der Waals surface area contributed by atoms with Crippen LogP contribution in [0.4, 0.5) is 30.7 Å². The molecule has 13 heteroatoms. The fourth-order valence-electron chi connectivity index (χ4n) is 5.03. The van der Waals surface area contributed by atoms with Crippen LogP contribution in [0.3, 0.4) is 0 Å². The molecule has 0 bridgehead atoms. The molecule has 1 aromatic carbocycles. The number of alkyl halides is 6. The van der Waals surface area contributed by atoms with Crippen molar-refractivity contribution in [1.82, 2.24) is 10.3 Å². The number of carbonyl (C=O) groups excluding carboxylic acids is 2. The maximum atomic E-state index is 14.3. The zero-order valence-corrected chi connectivity index (χ0v) is 21.8. The number of rotatable bonds is 6. The molecule has 2 heterocycles. The summed E-state index contributed by atoms with van der Waals surface area (Å²) in [4.78, 5) is 33.5. The molecule has 1 fully saturated rings. The summed E-state index contributed by atoms with van der Waals surface area (Å²) < 4.78 is 96.0. The molecule has 4 rings (SSSR count). The number of halogens is 7. The van der Waals surface area contributed by atoms with Crippen molar-refractivity contribution in [2.75, 3.05) is 0 Å². The first kappa shape index (κ1) is 30.2. The molecule has 0 saturated heterocycles. The number of benzene rings is 1. The summed E-state index contributed by atoms with van der Waals surface area (Å²) in [5.74, 6) is -3.40. The van der Waals surface area contributed by atoms with Gasteiger partial charge < -0.3 is 10.1 Å². The lowest BCUT2D eigenvalue weighted by atomic mass is 9.88. The Balaban J connectivity index is 1.62. The van der Waals surface area contributed by atoms with Crippen molar-refractivity contribution in [3.63, 3.8) is 0 Å². The number of pyridine rings is 1. The van der Waals surface area contributed by atoms with E-state index in [2.05, 4.69) is 20.0 Å². The van der Waals surface area contributed by atoms with Crippen LogP contribution >= 0.6 is 0 Å². The van der Waals surface area contributed by atoms with E-state index in [0.29, 0.717) is 37.9 Å². The van der Waals surface area contributed by atoms with Gasteiger partial charge in [0.1, 0.15) is 23.2 Å². The molecule has 1 aromatic heterocycles. The van der Waals surface area contributed by atoms with E-state index in [1.165, 1.54) is 12.3 Å². The molecule has 3 atom stereocenters. The second-order valence-electron chi connectivity index (χ2n) is 10.1. The van der Waals surface area contributed by atoms with Crippen LogP contribution in [-0.4, -0.2) is 34.9 Å². The van der Waals surface area contributed by atoms with E-state index < -0.39 is 53.5 Å². The van der Waals surface area contributed by atoms with Crippen molar-refractivity contribution < 1.29 is 45.1 Å². The highest BCUT2D eigenvalue weighted by Gasteiger charge is 2.35. The zero-order chi connectivity index (χ0) is 29.9. The maximum absolute atomic E-state index is 14.3. The number of aliphatic imine (C=N–C) groups is 1. The molecule has 1 amide bonds. The average molecular weight is 586 g/mol. The third-order valence-corrected chi connectivity index (χ3v) is 7.10. The van der Waals surface area contributed by atoms with Gasteiger partial charge in [0.25, 0.3) is 0 Å².